The van der Waals surface area contributed by atoms with Gasteiger partial charge in [-0.2, -0.15) is 12.2 Å². The first kappa shape index (κ1) is 11.6. The summed E-state index contributed by atoms with van der Waals surface area (Å²) in [4.78, 5) is 0. The molecule has 0 bridgehead atoms. The fourth-order valence-corrected chi connectivity index (χ4v) is 3.17. The molecule has 2 rings (SSSR count). The van der Waals surface area contributed by atoms with Gasteiger partial charge in [-0.05, 0) is 11.3 Å². The molecule has 0 heterocycles. The van der Waals surface area contributed by atoms with E-state index in [0.717, 1.165) is 11.5 Å². The van der Waals surface area contributed by atoms with Gasteiger partial charge in [0.05, 0.1) is 0 Å². The molecule has 1 saturated carbocycles. The summed E-state index contributed by atoms with van der Waals surface area (Å²) in [5.41, 5.74) is 3.13. The Morgan fingerprint density at radius 1 is 1.38 bits per heavy atom. The van der Waals surface area contributed by atoms with Gasteiger partial charge in [0.1, 0.15) is 0 Å². The second-order valence-electron chi connectivity index (χ2n) is 5.23. The Labute approximate surface area is 100 Å². The Bertz CT molecular complexity index is 328. The topological polar surface area (TPSA) is 0 Å². The molecule has 0 nitrogen and oxygen atoms in total. The zero-order valence-electron chi connectivity index (χ0n) is 10.6. The first-order valence-electron chi connectivity index (χ1n) is 6.65. The molecule has 0 aromatic rings. The summed E-state index contributed by atoms with van der Waals surface area (Å²) in [5, 5.41) is 0. The summed E-state index contributed by atoms with van der Waals surface area (Å²) in [7, 11) is 0. The largest absolute Gasteiger partial charge is 0.171 e. The average Bonchev–Trinajstić information content (AvgIpc) is 3.11. The highest BCUT2D eigenvalue weighted by atomic mass is 14.5. The van der Waals surface area contributed by atoms with Crippen molar-refractivity contribution < 1.29 is 0 Å². The molecule has 0 N–H and O–H groups in total. The van der Waals surface area contributed by atoms with Gasteiger partial charge >= 0.3 is 0 Å². The van der Waals surface area contributed by atoms with E-state index >= 15 is 0 Å². The van der Waals surface area contributed by atoms with Crippen molar-refractivity contribution in [2.45, 2.75) is 46.0 Å². The summed E-state index contributed by atoms with van der Waals surface area (Å²) in [6.07, 6.45) is 15.7. The lowest BCUT2D eigenvalue weighted by Gasteiger charge is -2.39. The van der Waals surface area contributed by atoms with Crippen LogP contribution in [0.1, 0.15) is 46.0 Å². The van der Waals surface area contributed by atoms with E-state index in [2.05, 4.69) is 45.1 Å². The molecule has 0 aliphatic heterocycles. The van der Waals surface area contributed by atoms with E-state index in [4.69, 9.17) is 0 Å². The second-order valence-corrected chi connectivity index (χ2v) is 5.23. The number of allylic oxidation sites excluding steroid dienone is 5. The highest BCUT2D eigenvalue weighted by molar-refractivity contribution is 5.45. The minimum absolute atomic E-state index is 0.461. The van der Waals surface area contributed by atoms with Crippen molar-refractivity contribution in [1.82, 2.24) is 0 Å². The SMILES string of the molecule is C=C1C=CC(C(CC)(CCC)C2CC2)=C[CH-]1. The van der Waals surface area contributed by atoms with E-state index in [1.165, 1.54) is 32.1 Å². The Kier molecular flexibility index (Phi) is 3.28. The fourth-order valence-electron chi connectivity index (χ4n) is 3.17. The van der Waals surface area contributed by atoms with Crippen molar-refractivity contribution in [3.05, 3.63) is 42.4 Å². The van der Waals surface area contributed by atoms with Crippen LogP contribution in [0.3, 0.4) is 0 Å². The minimum Gasteiger partial charge on any atom is -0.171 e. The van der Waals surface area contributed by atoms with Gasteiger partial charge in [-0.3, -0.25) is 0 Å². The normalized spacial score (nSPS) is 23.6. The third-order valence-corrected chi connectivity index (χ3v) is 4.21. The number of hydrogen-bond donors (Lipinski definition) is 0. The average molecular weight is 215 g/mol. The first-order valence-corrected chi connectivity index (χ1v) is 6.65. The highest BCUT2D eigenvalue weighted by Gasteiger charge is 2.42. The molecule has 0 amide bonds. The molecule has 0 aromatic carbocycles. The molecule has 0 aromatic heterocycles. The lowest BCUT2D eigenvalue weighted by atomic mass is 9.69. The molecule has 0 spiro atoms. The number of rotatable bonds is 5. The molecular weight excluding hydrogens is 192 g/mol. The van der Waals surface area contributed by atoms with Crippen molar-refractivity contribution in [2.24, 2.45) is 11.3 Å². The maximum atomic E-state index is 3.98. The molecule has 1 atom stereocenters. The standard InChI is InChI=1S/C16H23/c1-4-12-16(5-2,15-10-11-15)14-8-6-13(3)7-9-14/h6-9,15H,3-5,10-12H2,1-2H3/q-1. The molecule has 0 radical (unpaired) electrons. The van der Waals surface area contributed by atoms with Crippen LogP contribution in [0.15, 0.2) is 36.0 Å². The summed E-state index contributed by atoms with van der Waals surface area (Å²) in [5.74, 6) is 0.938. The summed E-state index contributed by atoms with van der Waals surface area (Å²) in [6, 6.07) is 0. The van der Waals surface area contributed by atoms with Crippen LogP contribution in [0.5, 0.6) is 0 Å². The van der Waals surface area contributed by atoms with E-state index < -0.39 is 0 Å². The molecule has 1 unspecified atom stereocenters. The van der Waals surface area contributed by atoms with Gasteiger partial charge in [-0.25, -0.2) is 0 Å². The van der Waals surface area contributed by atoms with Crippen molar-refractivity contribution >= 4 is 0 Å². The van der Waals surface area contributed by atoms with Crippen LogP contribution in [0.4, 0.5) is 0 Å². The quantitative estimate of drug-likeness (QED) is 0.575. The van der Waals surface area contributed by atoms with Gasteiger partial charge in [0.15, 0.2) is 0 Å². The molecule has 16 heavy (non-hydrogen) atoms. The van der Waals surface area contributed by atoms with Gasteiger partial charge in [-0.15, -0.1) is 30.2 Å². The Morgan fingerprint density at radius 3 is 2.56 bits per heavy atom. The predicted molar refractivity (Wildman–Crippen MR) is 71.0 cm³/mol. The monoisotopic (exact) mass is 215 g/mol. The fraction of sp³-hybridized carbons (Fsp3) is 0.562. The zero-order chi connectivity index (χ0) is 11.6. The third-order valence-electron chi connectivity index (χ3n) is 4.21. The van der Waals surface area contributed by atoms with Gasteiger partial charge < -0.3 is 0 Å². The van der Waals surface area contributed by atoms with Crippen LogP contribution < -0.4 is 0 Å². The van der Waals surface area contributed by atoms with Crippen molar-refractivity contribution in [1.29, 1.82) is 0 Å². The van der Waals surface area contributed by atoms with Crippen molar-refractivity contribution in [3.8, 4) is 0 Å². The van der Waals surface area contributed by atoms with Crippen LogP contribution in [-0.4, -0.2) is 0 Å². The molecule has 2 aliphatic rings. The Hall–Kier alpha value is -0.910. The molecule has 1 fully saturated rings. The summed E-state index contributed by atoms with van der Waals surface area (Å²) in [6.45, 7) is 8.64. The van der Waals surface area contributed by atoms with Gasteiger partial charge in [0.2, 0.25) is 0 Å². The van der Waals surface area contributed by atoms with E-state index in [1.54, 1.807) is 5.57 Å². The number of hydrogen-bond acceptors (Lipinski definition) is 0. The van der Waals surface area contributed by atoms with Gasteiger partial charge in [0, 0.05) is 0 Å². The lowest BCUT2D eigenvalue weighted by molar-refractivity contribution is 0.268. The molecule has 0 heteroatoms. The maximum absolute atomic E-state index is 3.98. The van der Waals surface area contributed by atoms with Crippen LogP contribution in [0.25, 0.3) is 0 Å². The second kappa shape index (κ2) is 4.53. The predicted octanol–water partition coefficient (Wildman–Crippen LogP) is 4.85. The van der Waals surface area contributed by atoms with Crippen molar-refractivity contribution in [2.75, 3.05) is 0 Å². The highest BCUT2D eigenvalue weighted by Crippen LogP contribution is 2.55. The summed E-state index contributed by atoms with van der Waals surface area (Å²) >= 11 is 0. The first-order chi connectivity index (χ1) is 7.73. The molecular formula is C16H23-. The Morgan fingerprint density at radius 2 is 2.12 bits per heavy atom. The van der Waals surface area contributed by atoms with Crippen molar-refractivity contribution in [3.63, 3.8) is 0 Å². The smallest absolute Gasteiger partial charge is 0.0361 e. The van der Waals surface area contributed by atoms with Crippen LogP contribution in [0.2, 0.25) is 0 Å². The Balaban J connectivity index is 2.24. The van der Waals surface area contributed by atoms with E-state index in [9.17, 15) is 0 Å². The molecule has 0 saturated heterocycles. The van der Waals surface area contributed by atoms with E-state index in [-0.39, 0.29) is 0 Å². The van der Waals surface area contributed by atoms with E-state index in [0.29, 0.717) is 5.41 Å². The zero-order valence-corrected chi connectivity index (χ0v) is 10.6. The van der Waals surface area contributed by atoms with Crippen LogP contribution in [-0.2, 0) is 0 Å². The van der Waals surface area contributed by atoms with Gasteiger partial charge in [-0.1, -0.05) is 46.0 Å². The van der Waals surface area contributed by atoms with Gasteiger partial charge in [0.25, 0.3) is 0 Å². The summed E-state index contributed by atoms with van der Waals surface area (Å²) < 4.78 is 0. The van der Waals surface area contributed by atoms with Crippen LogP contribution >= 0.6 is 0 Å². The molecule has 88 valence electrons. The third kappa shape index (κ3) is 1.98. The minimum atomic E-state index is 0.461. The van der Waals surface area contributed by atoms with Crippen LogP contribution in [0, 0.1) is 17.8 Å². The molecule has 2 aliphatic carbocycles. The lowest BCUT2D eigenvalue weighted by Crippen LogP contribution is -2.25. The maximum Gasteiger partial charge on any atom is -0.0361 e. The van der Waals surface area contributed by atoms with E-state index in [1.807, 2.05) is 0 Å².